The first-order valence-corrected chi connectivity index (χ1v) is 9.30. The number of benzene rings is 2. The first kappa shape index (κ1) is 20.5. The standard InChI is InChI=1S/C21H22ClN3O4/c1-11-15(22)6-5-7-16(11)24-20(26)18-12(2)23-21(27)25-19(18)14-10-13(28-3)8-9-17(14)29-4/h5-10,19H,1-4H3,(H,24,26)(H2,23,25,27)/t19-/m0/s1. The third-order valence-corrected chi connectivity index (χ3v) is 5.19. The van der Waals surface area contributed by atoms with Crippen LogP contribution >= 0.6 is 11.6 Å². The largest absolute Gasteiger partial charge is 0.497 e. The maximum atomic E-state index is 13.2. The molecular weight excluding hydrogens is 394 g/mol. The molecule has 1 aliphatic heterocycles. The molecule has 0 aromatic heterocycles. The zero-order valence-electron chi connectivity index (χ0n) is 16.6. The molecule has 2 aromatic carbocycles. The number of methoxy groups -OCH3 is 2. The Kier molecular flexibility index (Phi) is 5.98. The number of halogens is 1. The number of urea groups is 1. The van der Waals surface area contributed by atoms with Crippen LogP contribution in [0.5, 0.6) is 11.5 Å². The molecule has 3 amide bonds. The van der Waals surface area contributed by atoms with Gasteiger partial charge in [0.05, 0.1) is 25.8 Å². The molecule has 0 fully saturated rings. The van der Waals surface area contributed by atoms with E-state index in [0.29, 0.717) is 39.0 Å². The minimum atomic E-state index is -0.728. The van der Waals surface area contributed by atoms with Gasteiger partial charge in [-0.25, -0.2) is 4.79 Å². The summed E-state index contributed by atoms with van der Waals surface area (Å²) in [5.74, 6) is 0.738. The number of ether oxygens (including phenoxy) is 2. The number of hydrogen-bond donors (Lipinski definition) is 3. The van der Waals surface area contributed by atoms with Crippen molar-refractivity contribution in [2.24, 2.45) is 0 Å². The molecule has 0 saturated heterocycles. The lowest BCUT2D eigenvalue weighted by Crippen LogP contribution is -2.46. The quantitative estimate of drug-likeness (QED) is 0.690. The van der Waals surface area contributed by atoms with Crippen molar-refractivity contribution < 1.29 is 19.1 Å². The number of allylic oxidation sites excluding steroid dienone is 1. The Morgan fingerprint density at radius 1 is 1.14 bits per heavy atom. The second-order valence-corrected chi connectivity index (χ2v) is 6.95. The topological polar surface area (TPSA) is 88.7 Å². The molecular formula is C21H22ClN3O4. The first-order valence-electron chi connectivity index (χ1n) is 8.92. The van der Waals surface area contributed by atoms with Gasteiger partial charge in [-0.2, -0.15) is 0 Å². The van der Waals surface area contributed by atoms with E-state index in [9.17, 15) is 9.59 Å². The van der Waals surface area contributed by atoms with E-state index < -0.39 is 12.1 Å². The fraction of sp³-hybridized carbons (Fsp3) is 0.238. The monoisotopic (exact) mass is 415 g/mol. The van der Waals surface area contributed by atoms with Crippen LogP contribution in [-0.2, 0) is 4.79 Å². The predicted molar refractivity (Wildman–Crippen MR) is 111 cm³/mol. The molecule has 7 nitrogen and oxygen atoms in total. The van der Waals surface area contributed by atoms with E-state index in [0.717, 1.165) is 5.56 Å². The third-order valence-electron chi connectivity index (χ3n) is 4.78. The molecule has 0 unspecified atom stereocenters. The van der Waals surface area contributed by atoms with Gasteiger partial charge >= 0.3 is 6.03 Å². The summed E-state index contributed by atoms with van der Waals surface area (Å²) in [5, 5.41) is 8.90. The van der Waals surface area contributed by atoms with Crippen molar-refractivity contribution in [2.45, 2.75) is 19.9 Å². The third kappa shape index (κ3) is 4.14. The highest BCUT2D eigenvalue weighted by molar-refractivity contribution is 6.31. The molecule has 0 spiro atoms. The van der Waals surface area contributed by atoms with Gasteiger partial charge in [0.2, 0.25) is 0 Å². The van der Waals surface area contributed by atoms with Crippen LogP contribution in [0, 0.1) is 6.92 Å². The summed E-state index contributed by atoms with van der Waals surface area (Å²) in [6.45, 7) is 3.50. The van der Waals surface area contributed by atoms with Gasteiger partial charge in [0.25, 0.3) is 5.91 Å². The molecule has 3 N–H and O–H groups in total. The minimum Gasteiger partial charge on any atom is -0.497 e. The van der Waals surface area contributed by atoms with Gasteiger partial charge in [-0.3, -0.25) is 4.79 Å². The summed E-state index contributed by atoms with van der Waals surface area (Å²) in [5.41, 5.74) is 2.76. The van der Waals surface area contributed by atoms with Crippen molar-refractivity contribution in [3.05, 3.63) is 63.8 Å². The zero-order valence-corrected chi connectivity index (χ0v) is 17.3. The Morgan fingerprint density at radius 2 is 1.90 bits per heavy atom. The molecule has 1 aliphatic rings. The van der Waals surface area contributed by atoms with E-state index in [2.05, 4.69) is 16.0 Å². The Bertz CT molecular complexity index is 1000. The highest BCUT2D eigenvalue weighted by Crippen LogP contribution is 2.36. The van der Waals surface area contributed by atoms with Crippen LogP contribution in [0.1, 0.15) is 24.1 Å². The van der Waals surface area contributed by atoms with Crippen molar-refractivity contribution >= 4 is 29.2 Å². The smallest absolute Gasteiger partial charge is 0.319 e. The zero-order chi connectivity index (χ0) is 21.1. The van der Waals surface area contributed by atoms with Crippen molar-refractivity contribution in [1.82, 2.24) is 10.6 Å². The summed E-state index contributed by atoms with van der Waals surface area (Å²) >= 11 is 6.17. The molecule has 2 aromatic rings. The van der Waals surface area contributed by atoms with E-state index in [-0.39, 0.29) is 5.91 Å². The number of carbonyl (C=O) groups excluding carboxylic acids is 2. The molecule has 1 atom stereocenters. The molecule has 1 heterocycles. The van der Waals surface area contributed by atoms with Gasteiger partial charge in [-0.15, -0.1) is 0 Å². The molecule has 3 rings (SSSR count). The van der Waals surface area contributed by atoms with Crippen molar-refractivity contribution in [2.75, 3.05) is 19.5 Å². The van der Waals surface area contributed by atoms with E-state index in [4.69, 9.17) is 21.1 Å². The summed E-state index contributed by atoms with van der Waals surface area (Å²) in [7, 11) is 3.07. The summed E-state index contributed by atoms with van der Waals surface area (Å²) in [6.07, 6.45) is 0. The average molecular weight is 416 g/mol. The Morgan fingerprint density at radius 3 is 2.59 bits per heavy atom. The molecule has 0 radical (unpaired) electrons. The van der Waals surface area contributed by atoms with Crippen molar-refractivity contribution in [3.63, 3.8) is 0 Å². The Hall–Kier alpha value is -3.19. The number of nitrogens with one attached hydrogen (secondary N) is 3. The molecule has 0 aliphatic carbocycles. The molecule has 0 bridgehead atoms. The van der Waals surface area contributed by atoms with Gasteiger partial charge in [-0.05, 0) is 49.7 Å². The van der Waals surface area contributed by atoms with Crippen molar-refractivity contribution in [3.8, 4) is 11.5 Å². The van der Waals surface area contributed by atoms with Gasteiger partial charge in [-0.1, -0.05) is 17.7 Å². The molecule has 152 valence electrons. The van der Waals surface area contributed by atoms with Crippen LogP contribution in [0.4, 0.5) is 10.5 Å². The highest BCUT2D eigenvalue weighted by atomic mass is 35.5. The SMILES string of the molecule is COc1ccc(OC)c([C@@H]2NC(=O)NC(C)=C2C(=O)Nc2cccc(Cl)c2C)c1. The predicted octanol–water partition coefficient (Wildman–Crippen LogP) is 3.93. The average Bonchev–Trinajstić information content (AvgIpc) is 2.70. The maximum absolute atomic E-state index is 13.2. The summed E-state index contributed by atoms with van der Waals surface area (Å²) < 4.78 is 10.8. The minimum absolute atomic E-state index is 0.357. The number of amides is 3. The highest BCUT2D eigenvalue weighted by Gasteiger charge is 2.33. The fourth-order valence-corrected chi connectivity index (χ4v) is 3.40. The van der Waals surface area contributed by atoms with Crippen LogP contribution < -0.4 is 25.4 Å². The van der Waals surface area contributed by atoms with Crippen LogP contribution in [0.25, 0.3) is 0 Å². The van der Waals surface area contributed by atoms with Gasteiger partial charge < -0.3 is 25.4 Å². The Balaban J connectivity index is 2.05. The summed E-state index contributed by atoms with van der Waals surface area (Å²) in [4.78, 5) is 25.4. The van der Waals surface area contributed by atoms with Gasteiger partial charge in [0.1, 0.15) is 11.5 Å². The molecule has 0 saturated carbocycles. The Labute approximate surface area is 174 Å². The molecule has 8 heteroatoms. The van der Waals surface area contributed by atoms with E-state index in [1.54, 1.807) is 50.4 Å². The lowest BCUT2D eigenvalue weighted by atomic mass is 9.93. The number of carbonyl (C=O) groups is 2. The second-order valence-electron chi connectivity index (χ2n) is 6.54. The fourth-order valence-electron chi connectivity index (χ4n) is 3.23. The van der Waals surface area contributed by atoms with Crippen molar-refractivity contribution in [1.29, 1.82) is 0 Å². The lowest BCUT2D eigenvalue weighted by molar-refractivity contribution is -0.113. The second kappa shape index (κ2) is 8.45. The number of hydrogen-bond acceptors (Lipinski definition) is 4. The van der Waals surface area contributed by atoms with Crippen LogP contribution in [0.2, 0.25) is 5.02 Å². The van der Waals surface area contributed by atoms with Gasteiger partial charge in [0, 0.05) is 22.0 Å². The van der Waals surface area contributed by atoms with Gasteiger partial charge in [0.15, 0.2) is 0 Å². The number of anilines is 1. The lowest BCUT2D eigenvalue weighted by Gasteiger charge is -2.30. The summed E-state index contributed by atoms with van der Waals surface area (Å²) in [6, 6.07) is 9.36. The number of rotatable bonds is 5. The van der Waals surface area contributed by atoms with Crippen LogP contribution in [0.15, 0.2) is 47.7 Å². The van der Waals surface area contributed by atoms with E-state index in [1.165, 1.54) is 7.11 Å². The van der Waals surface area contributed by atoms with Crippen LogP contribution in [0.3, 0.4) is 0 Å². The van der Waals surface area contributed by atoms with E-state index in [1.807, 2.05) is 6.92 Å². The van der Waals surface area contributed by atoms with Crippen LogP contribution in [-0.4, -0.2) is 26.2 Å². The first-order chi connectivity index (χ1) is 13.8. The normalized spacial score (nSPS) is 16.0. The van der Waals surface area contributed by atoms with E-state index >= 15 is 0 Å². The molecule has 29 heavy (non-hydrogen) atoms. The maximum Gasteiger partial charge on any atom is 0.319 e.